The molecule has 2 rings (SSSR count). The number of hydrogen-bond donors (Lipinski definition) is 1. The Morgan fingerprint density at radius 1 is 1.00 bits per heavy atom. The molecule has 1 N–H and O–H groups in total. The van der Waals surface area contributed by atoms with Crippen molar-refractivity contribution >= 4 is 23.6 Å². The van der Waals surface area contributed by atoms with Crippen LogP contribution in [0.2, 0.25) is 0 Å². The highest BCUT2D eigenvalue weighted by molar-refractivity contribution is 5.95. The number of anilines is 1. The fraction of sp³-hybridized carbons (Fsp3) is 0.273. The maximum Gasteiger partial charge on any atom is 0.331 e. The van der Waals surface area contributed by atoms with E-state index in [9.17, 15) is 9.59 Å². The van der Waals surface area contributed by atoms with Crippen molar-refractivity contribution in [1.82, 2.24) is 0 Å². The third-order valence-corrected chi connectivity index (χ3v) is 4.20. The molecule has 0 heterocycles. The summed E-state index contributed by atoms with van der Waals surface area (Å²) in [7, 11) is 0. The highest BCUT2D eigenvalue weighted by Gasteiger charge is 2.11. The molecule has 0 unspecified atom stereocenters. The summed E-state index contributed by atoms with van der Waals surface area (Å²) in [5.74, 6) is -0.874. The van der Waals surface area contributed by atoms with E-state index in [0.29, 0.717) is 0 Å². The summed E-state index contributed by atoms with van der Waals surface area (Å²) in [6, 6.07) is 13.7. The Balaban J connectivity index is 1.93. The van der Waals surface area contributed by atoms with Crippen molar-refractivity contribution in [2.45, 2.75) is 33.6 Å². The van der Waals surface area contributed by atoms with Gasteiger partial charge in [0, 0.05) is 11.8 Å². The summed E-state index contributed by atoms with van der Waals surface area (Å²) in [5.41, 5.74) is 4.98. The molecule has 1 amide bonds. The molecule has 26 heavy (non-hydrogen) atoms. The van der Waals surface area contributed by atoms with Crippen LogP contribution in [0.3, 0.4) is 0 Å². The Hall–Kier alpha value is -2.88. The van der Waals surface area contributed by atoms with E-state index in [1.54, 1.807) is 6.08 Å². The largest absolute Gasteiger partial charge is 0.452 e. The monoisotopic (exact) mass is 351 g/mol. The van der Waals surface area contributed by atoms with Gasteiger partial charge in [-0.3, -0.25) is 4.79 Å². The van der Waals surface area contributed by atoms with Crippen molar-refractivity contribution in [3.63, 3.8) is 0 Å². The summed E-state index contributed by atoms with van der Waals surface area (Å²) in [6.45, 7) is 5.74. The number of esters is 1. The first kappa shape index (κ1) is 19.4. The van der Waals surface area contributed by atoms with Crippen LogP contribution in [0, 0.1) is 6.92 Å². The lowest BCUT2D eigenvalue weighted by atomic mass is 10.0. The van der Waals surface area contributed by atoms with Gasteiger partial charge in [0.15, 0.2) is 6.61 Å². The normalized spacial score (nSPS) is 10.7. The molecule has 4 heteroatoms. The zero-order valence-corrected chi connectivity index (χ0v) is 15.5. The highest BCUT2D eigenvalue weighted by Crippen LogP contribution is 2.22. The first-order valence-corrected chi connectivity index (χ1v) is 8.86. The minimum Gasteiger partial charge on any atom is -0.452 e. The molecule has 0 aromatic heterocycles. The average molecular weight is 351 g/mol. The SMILES string of the molecule is CCc1cccc(CC)c1NC(=O)COC(=O)/C=C/c1ccccc1C. The number of hydrogen-bond acceptors (Lipinski definition) is 3. The third-order valence-electron chi connectivity index (χ3n) is 4.20. The van der Waals surface area contributed by atoms with E-state index in [-0.39, 0.29) is 12.5 Å². The van der Waals surface area contributed by atoms with Crippen LogP contribution < -0.4 is 5.32 Å². The van der Waals surface area contributed by atoms with Crippen LogP contribution in [0.4, 0.5) is 5.69 Å². The quantitative estimate of drug-likeness (QED) is 0.597. The minimum absolute atomic E-state index is 0.307. The van der Waals surface area contributed by atoms with Gasteiger partial charge in [-0.25, -0.2) is 4.79 Å². The Bertz CT molecular complexity index is 787. The van der Waals surface area contributed by atoms with Gasteiger partial charge in [0.1, 0.15) is 0 Å². The van der Waals surface area contributed by atoms with Crippen molar-refractivity contribution in [2.75, 3.05) is 11.9 Å². The number of aryl methyl sites for hydroxylation is 3. The topological polar surface area (TPSA) is 55.4 Å². The van der Waals surface area contributed by atoms with E-state index in [2.05, 4.69) is 5.32 Å². The first-order valence-electron chi connectivity index (χ1n) is 8.86. The Morgan fingerprint density at radius 2 is 1.65 bits per heavy atom. The Morgan fingerprint density at radius 3 is 2.27 bits per heavy atom. The number of carbonyl (C=O) groups excluding carboxylic acids is 2. The van der Waals surface area contributed by atoms with Crippen molar-refractivity contribution in [3.8, 4) is 0 Å². The zero-order chi connectivity index (χ0) is 18.9. The van der Waals surface area contributed by atoms with Gasteiger partial charge < -0.3 is 10.1 Å². The molecule has 0 fully saturated rings. The summed E-state index contributed by atoms with van der Waals surface area (Å²) < 4.78 is 5.05. The average Bonchev–Trinajstić information content (AvgIpc) is 2.65. The minimum atomic E-state index is -0.539. The summed E-state index contributed by atoms with van der Waals surface area (Å²) in [5, 5.41) is 2.88. The Labute approximate surface area is 154 Å². The van der Waals surface area contributed by atoms with Gasteiger partial charge in [-0.15, -0.1) is 0 Å². The van der Waals surface area contributed by atoms with E-state index in [0.717, 1.165) is 40.8 Å². The predicted molar refractivity (Wildman–Crippen MR) is 105 cm³/mol. The fourth-order valence-corrected chi connectivity index (χ4v) is 2.70. The molecular weight excluding hydrogens is 326 g/mol. The smallest absolute Gasteiger partial charge is 0.331 e. The maximum absolute atomic E-state index is 12.2. The number of ether oxygens (including phenoxy) is 1. The lowest BCUT2D eigenvalue weighted by Crippen LogP contribution is -2.21. The lowest BCUT2D eigenvalue weighted by molar-refractivity contribution is -0.142. The summed E-state index contributed by atoms with van der Waals surface area (Å²) in [6.07, 6.45) is 4.68. The second-order valence-corrected chi connectivity index (χ2v) is 6.00. The Kier molecular flexibility index (Phi) is 7.15. The van der Waals surface area contributed by atoms with Gasteiger partial charge in [0.25, 0.3) is 5.91 Å². The standard InChI is InChI=1S/C22H25NO3/c1-4-17-11-8-12-18(5-2)22(17)23-20(24)15-26-21(25)14-13-19-10-7-6-9-16(19)3/h6-14H,4-5,15H2,1-3H3,(H,23,24)/b14-13+. The molecule has 2 aromatic rings. The molecule has 0 radical (unpaired) electrons. The molecular formula is C22H25NO3. The lowest BCUT2D eigenvalue weighted by Gasteiger charge is -2.14. The van der Waals surface area contributed by atoms with Crippen molar-refractivity contribution in [2.24, 2.45) is 0 Å². The van der Waals surface area contributed by atoms with Gasteiger partial charge >= 0.3 is 5.97 Å². The first-order chi connectivity index (χ1) is 12.5. The summed E-state index contributed by atoms with van der Waals surface area (Å²) in [4.78, 5) is 24.0. The number of rotatable bonds is 7. The molecule has 0 saturated heterocycles. The van der Waals surface area contributed by atoms with E-state index in [1.807, 2.05) is 63.2 Å². The molecule has 0 aliphatic heterocycles. The molecule has 0 bridgehead atoms. The number of amides is 1. The van der Waals surface area contributed by atoms with Gasteiger partial charge in [-0.2, -0.15) is 0 Å². The van der Waals surface area contributed by atoms with Gasteiger partial charge in [-0.1, -0.05) is 56.3 Å². The van der Waals surface area contributed by atoms with Crippen LogP contribution in [-0.2, 0) is 27.2 Å². The van der Waals surface area contributed by atoms with Gasteiger partial charge in [0.05, 0.1) is 0 Å². The van der Waals surface area contributed by atoms with Gasteiger partial charge in [0.2, 0.25) is 0 Å². The van der Waals surface area contributed by atoms with Crippen molar-refractivity contribution in [1.29, 1.82) is 0 Å². The van der Waals surface area contributed by atoms with Crippen LogP contribution >= 0.6 is 0 Å². The highest BCUT2D eigenvalue weighted by atomic mass is 16.5. The van der Waals surface area contributed by atoms with E-state index < -0.39 is 5.97 Å². The van der Waals surface area contributed by atoms with Crippen LogP contribution in [0.15, 0.2) is 48.5 Å². The third kappa shape index (κ3) is 5.31. The van der Waals surface area contributed by atoms with Crippen LogP contribution in [-0.4, -0.2) is 18.5 Å². The van der Waals surface area contributed by atoms with Crippen LogP contribution in [0.25, 0.3) is 6.08 Å². The molecule has 2 aromatic carbocycles. The summed E-state index contributed by atoms with van der Waals surface area (Å²) >= 11 is 0. The molecule has 0 saturated carbocycles. The molecule has 136 valence electrons. The number of para-hydroxylation sites is 1. The van der Waals surface area contributed by atoms with Crippen LogP contribution in [0.1, 0.15) is 36.1 Å². The second kappa shape index (κ2) is 9.56. The molecule has 0 aliphatic rings. The van der Waals surface area contributed by atoms with Crippen molar-refractivity contribution in [3.05, 3.63) is 70.8 Å². The zero-order valence-electron chi connectivity index (χ0n) is 15.5. The number of benzene rings is 2. The number of nitrogens with one attached hydrogen (secondary N) is 1. The number of carbonyl (C=O) groups is 2. The van der Waals surface area contributed by atoms with E-state index >= 15 is 0 Å². The van der Waals surface area contributed by atoms with E-state index in [4.69, 9.17) is 4.74 Å². The van der Waals surface area contributed by atoms with Crippen molar-refractivity contribution < 1.29 is 14.3 Å². The molecule has 0 atom stereocenters. The molecule has 4 nitrogen and oxygen atoms in total. The molecule has 0 aliphatic carbocycles. The van der Waals surface area contributed by atoms with Gasteiger partial charge in [-0.05, 0) is 48.1 Å². The molecule has 0 spiro atoms. The maximum atomic E-state index is 12.2. The predicted octanol–water partition coefficient (Wildman–Crippen LogP) is 4.31. The second-order valence-electron chi connectivity index (χ2n) is 6.00. The van der Waals surface area contributed by atoms with Crippen LogP contribution in [0.5, 0.6) is 0 Å². The fourth-order valence-electron chi connectivity index (χ4n) is 2.70. The van der Waals surface area contributed by atoms with E-state index in [1.165, 1.54) is 6.08 Å².